The van der Waals surface area contributed by atoms with Gasteiger partial charge in [0.25, 0.3) is 0 Å². The third-order valence-electron chi connectivity index (χ3n) is 3.68. The molecular formula is C17H23NOS. The van der Waals surface area contributed by atoms with Crippen LogP contribution < -0.4 is 5.32 Å². The minimum atomic E-state index is 0.0962. The van der Waals surface area contributed by atoms with Gasteiger partial charge in [-0.3, -0.25) is 0 Å². The highest BCUT2D eigenvalue weighted by Crippen LogP contribution is 2.28. The van der Waals surface area contributed by atoms with Crippen molar-refractivity contribution in [1.82, 2.24) is 5.32 Å². The molecule has 2 N–H and O–H groups in total. The number of rotatable bonds is 5. The Hall–Kier alpha value is -1.16. The van der Waals surface area contributed by atoms with Crippen molar-refractivity contribution in [1.29, 1.82) is 0 Å². The molecule has 0 saturated carbocycles. The Bertz CT molecular complexity index is 576. The highest BCUT2D eigenvalue weighted by atomic mass is 32.1. The van der Waals surface area contributed by atoms with Crippen LogP contribution >= 0.6 is 11.3 Å². The van der Waals surface area contributed by atoms with Crippen LogP contribution in [-0.2, 0) is 6.61 Å². The zero-order valence-corrected chi connectivity index (χ0v) is 13.4. The van der Waals surface area contributed by atoms with Crippen molar-refractivity contribution < 1.29 is 5.11 Å². The normalized spacial score (nSPS) is 14.2. The van der Waals surface area contributed by atoms with Crippen LogP contribution in [0.4, 0.5) is 0 Å². The Morgan fingerprint density at radius 3 is 2.50 bits per heavy atom. The van der Waals surface area contributed by atoms with E-state index in [2.05, 4.69) is 51.2 Å². The summed E-state index contributed by atoms with van der Waals surface area (Å²) in [6.45, 7) is 8.81. The number of nitrogens with one attached hydrogen (secondary N) is 1. The number of thiophene rings is 1. The zero-order valence-electron chi connectivity index (χ0n) is 12.6. The predicted octanol–water partition coefficient (Wildman–Crippen LogP) is 4.27. The summed E-state index contributed by atoms with van der Waals surface area (Å²) >= 11 is 1.85. The van der Waals surface area contributed by atoms with Crippen molar-refractivity contribution >= 4 is 11.3 Å². The SMILES string of the molecule is Cc1cc(C(C)NC(C)c2cccc(CO)c2)c(C)s1. The summed E-state index contributed by atoms with van der Waals surface area (Å²) in [4.78, 5) is 2.75. The van der Waals surface area contributed by atoms with Gasteiger partial charge in [-0.1, -0.05) is 24.3 Å². The number of benzene rings is 1. The molecule has 2 unspecified atom stereocenters. The van der Waals surface area contributed by atoms with Gasteiger partial charge in [0.1, 0.15) is 0 Å². The van der Waals surface area contributed by atoms with Gasteiger partial charge in [-0.05, 0) is 50.5 Å². The molecule has 0 radical (unpaired) electrons. The van der Waals surface area contributed by atoms with Gasteiger partial charge in [0.15, 0.2) is 0 Å². The van der Waals surface area contributed by atoms with E-state index in [1.54, 1.807) is 0 Å². The lowest BCUT2D eigenvalue weighted by Crippen LogP contribution is -2.22. The number of aliphatic hydroxyl groups excluding tert-OH is 1. The summed E-state index contributed by atoms with van der Waals surface area (Å²) in [6.07, 6.45) is 0. The summed E-state index contributed by atoms with van der Waals surface area (Å²) in [5.74, 6) is 0. The smallest absolute Gasteiger partial charge is 0.0681 e. The quantitative estimate of drug-likeness (QED) is 0.861. The molecule has 2 nitrogen and oxygen atoms in total. The molecule has 0 saturated heterocycles. The maximum atomic E-state index is 9.22. The van der Waals surface area contributed by atoms with Gasteiger partial charge < -0.3 is 10.4 Å². The summed E-state index contributed by atoms with van der Waals surface area (Å²) in [5.41, 5.74) is 3.57. The maximum absolute atomic E-state index is 9.22. The van der Waals surface area contributed by atoms with Crippen molar-refractivity contribution in [2.45, 2.75) is 46.4 Å². The van der Waals surface area contributed by atoms with Crippen LogP contribution in [0.25, 0.3) is 0 Å². The predicted molar refractivity (Wildman–Crippen MR) is 86.1 cm³/mol. The lowest BCUT2D eigenvalue weighted by molar-refractivity contribution is 0.281. The first-order valence-corrected chi connectivity index (χ1v) is 7.85. The first-order valence-electron chi connectivity index (χ1n) is 7.04. The van der Waals surface area contributed by atoms with E-state index >= 15 is 0 Å². The summed E-state index contributed by atoms with van der Waals surface area (Å²) in [7, 11) is 0. The number of hydrogen-bond donors (Lipinski definition) is 2. The van der Waals surface area contributed by atoms with Crippen molar-refractivity contribution in [3.8, 4) is 0 Å². The van der Waals surface area contributed by atoms with Gasteiger partial charge in [0, 0.05) is 21.8 Å². The van der Waals surface area contributed by atoms with Crippen LogP contribution in [0, 0.1) is 13.8 Å². The van der Waals surface area contributed by atoms with E-state index < -0.39 is 0 Å². The lowest BCUT2D eigenvalue weighted by Gasteiger charge is -2.21. The van der Waals surface area contributed by atoms with E-state index in [0.29, 0.717) is 6.04 Å². The summed E-state index contributed by atoms with van der Waals surface area (Å²) < 4.78 is 0. The first-order chi connectivity index (χ1) is 9.51. The first kappa shape index (κ1) is 15.2. The monoisotopic (exact) mass is 289 g/mol. The molecule has 0 amide bonds. The molecule has 0 aliphatic rings. The molecule has 0 spiro atoms. The Kier molecular flexibility index (Phi) is 4.97. The van der Waals surface area contributed by atoms with Crippen molar-refractivity contribution in [3.05, 3.63) is 56.8 Å². The molecule has 1 aromatic carbocycles. The Morgan fingerprint density at radius 2 is 1.90 bits per heavy atom. The van der Waals surface area contributed by atoms with Gasteiger partial charge in [0.2, 0.25) is 0 Å². The molecule has 0 fully saturated rings. The van der Waals surface area contributed by atoms with E-state index in [1.807, 2.05) is 23.5 Å². The highest BCUT2D eigenvalue weighted by Gasteiger charge is 2.14. The fourth-order valence-electron chi connectivity index (χ4n) is 2.60. The van der Waals surface area contributed by atoms with E-state index in [9.17, 15) is 5.11 Å². The van der Waals surface area contributed by atoms with Crippen LogP contribution in [0.15, 0.2) is 30.3 Å². The molecule has 2 rings (SSSR count). The number of hydrogen-bond acceptors (Lipinski definition) is 3. The second-order valence-electron chi connectivity index (χ2n) is 5.38. The minimum Gasteiger partial charge on any atom is -0.392 e. The van der Waals surface area contributed by atoms with Crippen LogP contribution in [0.3, 0.4) is 0 Å². The van der Waals surface area contributed by atoms with Gasteiger partial charge in [-0.2, -0.15) is 0 Å². The average Bonchev–Trinajstić information content (AvgIpc) is 2.77. The second kappa shape index (κ2) is 6.53. The molecule has 1 aromatic heterocycles. The van der Waals surface area contributed by atoms with E-state index in [4.69, 9.17) is 0 Å². The molecule has 108 valence electrons. The lowest BCUT2D eigenvalue weighted by atomic mass is 10.0. The minimum absolute atomic E-state index is 0.0962. The van der Waals surface area contributed by atoms with Gasteiger partial charge in [-0.25, -0.2) is 0 Å². The average molecular weight is 289 g/mol. The zero-order chi connectivity index (χ0) is 14.7. The largest absolute Gasteiger partial charge is 0.392 e. The third kappa shape index (κ3) is 3.48. The topological polar surface area (TPSA) is 32.3 Å². The Labute approximate surface area is 125 Å². The molecule has 2 aromatic rings. The molecule has 0 aliphatic heterocycles. The van der Waals surface area contributed by atoms with Crippen LogP contribution in [0.1, 0.15) is 52.4 Å². The van der Waals surface area contributed by atoms with E-state index in [0.717, 1.165) is 5.56 Å². The highest BCUT2D eigenvalue weighted by molar-refractivity contribution is 7.12. The van der Waals surface area contributed by atoms with Gasteiger partial charge in [-0.15, -0.1) is 11.3 Å². The molecule has 3 heteroatoms. The standard InChI is InChI=1S/C17H23NOS/c1-11-8-17(14(4)20-11)13(3)18-12(2)16-7-5-6-15(9-16)10-19/h5-9,12-13,18-19H,10H2,1-4H3. The maximum Gasteiger partial charge on any atom is 0.0681 e. The molecular weight excluding hydrogens is 266 g/mol. The van der Waals surface area contributed by atoms with Crippen LogP contribution in [0.2, 0.25) is 0 Å². The summed E-state index contributed by atoms with van der Waals surface area (Å²) in [5, 5.41) is 12.9. The molecule has 20 heavy (non-hydrogen) atoms. The van der Waals surface area contributed by atoms with Crippen molar-refractivity contribution in [2.75, 3.05) is 0 Å². The van der Waals surface area contributed by atoms with Gasteiger partial charge in [0.05, 0.1) is 6.61 Å². The molecule has 0 aliphatic carbocycles. The fourth-order valence-corrected chi connectivity index (χ4v) is 3.62. The Morgan fingerprint density at radius 1 is 1.15 bits per heavy atom. The van der Waals surface area contributed by atoms with Crippen LogP contribution in [0.5, 0.6) is 0 Å². The molecule has 0 bridgehead atoms. The van der Waals surface area contributed by atoms with E-state index in [-0.39, 0.29) is 12.6 Å². The Balaban J connectivity index is 2.10. The van der Waals surface area contributed by atoms with Gasteiger partial charge >= 0.3 is 0 Å². The van der Waals surface area contributed by atoms with Crippen LogP contribution in [-0.4, -0.2) is 5.11 Å². The van der Waals surface area contributed by atoms with Crippen molar-refractivity contribution in [3.63, 3.8) is 0 Å². The van der Waals surface area contributed by atoms with E-state index in [1.165, 1.54) is 20.9 Å². The third-order valence-corrected chi connectivity index (χ3v) is 4.66. The number of aryl methyl sites for hydroxylation is 2. The second-order valence-corrected chi connectivity index (χ2v) is 6.84. The molecule has 1 heterocycles. The van der Waals surface area contributed by atoms with Crippen molar-refractivity contribution in [2.24, 2.45) is 0 Å². The summed E-state index contributed by atoms with van der Waals surface area (Å²) in [6, 6.07) is 11.0. The number of aliphatic hydroxyl groups is 1. The fraction of sp³-hybridized carbons (Fsp3) is 0.412. The molecule has 2 atom stereocenters.